The van der Waals surface area contributed by atoms with Gasteiger partial charge in [0, 0.05) is 5.54 Å². The molecule has 1 saturated heterocycles. The van der Waals surface area contributed by atoms with E-state index in [0.717, 1.165) is 18.2 Å². The zero-order chi connectivity index (χ0) is 13.6. The van der Waals surface area contributed by atoms with Crippen LogP contribution in [0.1, 0.15) is 20.8 Å². The van der Waals surface area contributed by atoms with Crippen LogP contribution in [0.3, 0.4) is 0 Å². The van der Waals surface area contributed by atoms with E-state index in [1.165, 1.54) is 0 Å². The Kier molecular flexibility index (Phi) is 3.34. The van der Waals surface area contributed by atoms with Gasteiger partial charge in [0.15, 0.2) is 0 Å². The van der Waals surface area contributed by atoms with Crippen molar-refractivity contribution in [2.75, 3.05) is 6.61 Å². The summed E-state index contributed by atoms with van der Waals surface area (Å²) in [5.74, 6) is -1.88. The van der Waals surface area contributed by atoms with Crippen LogP contribution in [-0.2, 0) is 9.09 Å². The Labute approximate surface area is 105 Å². The maximum absolute atomic E-state index is 13.7. The van der Waals surface area contributed by atoms with Gasteiger partial charge in [0.25, 0.3) is 7.37 Å². The highest BCUT2D eigenvalue weighted by Gasteiger charge is 2.43. The molecular formula is C12H16F2NO2P. The average molecular weight is 275 g/mol. The molecule has 2 atom stereocenters. The molecule has 0 spiro atoms. The van der Waals surface area contributed by atoms with Gasteiger partial charge in [-0.3, -0.25) is 9.88 Å². The summed E-state index contributed by atoms with van der Waals surface area (Å²) in [5, 5.41) is 2.93. The van der Waals surface area contributed by atoms with Gasteiger partial charge in [0.05, 0.1) is 17.7 Å². The fourth-order valence-electron chi connectivity index (χ4n) is 2.06. The van der Waals surface area contributed by atoms with E-state index in [1.54, 1.807) is 6.92 Å². The maximum atomic E-state index is 13.7. The van der Waals surface area contributed by atoms with Crippen LogP contribution in [0, 0.1) is 11.6 Å². The van der Waals surface area contributed by atoms with Gasteiger partial charge < -0.3 is 4.52 Å². The van der Waals surface area contributed by atoms with Crippen LogP contribution >= 0.6 is 7.37 Å². The van der Waals surface area contributed by atoms with E-state index in [1.807, 2.05) is 13.8 Å². The summed E-state index contributed by atoms with van der Waals surface area (Å²) in [5.41, 5.74) is -0.336. The Bertz CT molecular complexity index is 519. The van der Waals surface area contributed by atoms with E-state index in [2.05, 4.69) is 5.32 Å². The molecule has 3 nitrogen and oxygen atoms in total. The topological polar surface area (TPSA) is 38.3 Å². The van der Waals surface area contributed by atoms with Crippen LogP contribution in [0.4, 0.5) is 8.78 Å². The molecule has 1 heterocycles. The molecular weight excluding hydrogens is 259 g/mol. The number of hydrogen-bond acceptors (Lipinski definition) is 3. The predicted octanol–water partition coefficient (Wildman–Crippen LogP) is 2.61. The zero-order valence-electron chi connectivity index (χ0n) is 10.5. The summed E-state index contributed by atoms with van der Waals surface area (Å²) in [6.45, 7) is 5.64. The average Bonchev–Trinajstić information content (AvgIpc) is 2.27. The Balaban J connectivity index is 2.43. The molecule has 0 amide bonds. The third kappa shape index (κ3) is 2.35. The Morgan fingerprint density at radius 1 is 1.44 bits per heavy atom. The van der Waals surface area contributed by atoms with E-state index >= 15 is 0 Å². The van der Waals surface area contributed by atoms with Crippen molar-refractivity contribution in [2.45, 2.75) is 32.1 Å². The predicted molar refractivity (Wildman–Crippen MR) is 66.2 cm³/mol. The molecule has 18 heavy (non-hydrogen) atoms. The standard InChI is InChI=1S/C12H16F2NO2P/c1-8-15-12(2,3)7-17-18(8,16)11-6-9(13)4-5-10(11)14/h4-6,8,15H,7H2,1-3H3/t8-,18?/m1/s1. The van der Waals surface area contributed by atoms with Gasteiger partial charge in [-0.15, -0.1) is 0 Å². The first-order valence-electron chi connectivity index (χ1n) is 5.72. The van der Waals surface area contributed by atoms with Gasteiger partial charge in [-0.25, -0.2) is 8.78 Å². The summed E-state index contributed by atoms with van der Waals surface area (Å²) in [4.78, 5) is 0. The van der Waals surface area contributed by atoms with Crippen molar-refractivity contribution in [3.05, 3.63) is 29.8 Å². The fraction of sp³-hybridized carbons (Fsp3) is 0.500. The molecule has 2 rings (SSSR count). The first kappa shape index (κ1) is 13.7. The second kappa shape index (κ2) is 4.41. The third-order valence-corrected chi connectivity index (χ3v) is 5.65. The molecule has 6 heteroatoms. The van der Waals surface area contributed by atoms with E-state index < -0.39 is 24.8 Å². The number of halogens is 2. The lowest BCUT2D eigenvalue weighted by Crippen LogP contribution is -2.53. The van der Waals surface area contributed by atoms with E-state index in [0.29, 0.717) is 0 Å². The van der Waals surface area contributed by atoms with Gasteiger partial charge in [0.2, 0.25) is 0 Å². The lowest BCUT2D eigenvalue weighted by molar-refractivity contribution is 0.174. The molecule has 1 fully saturated rings. The smallest absolute Gasteiger partial charge is 0.251 e. The highest BCUT2D eigenvalue weighted by atomic mass is 31.2. The third-order valence-electron chi connectivity index (χ3n) is 2.97. The van der Waals surface area contributed by atoms with Crippen LogP contribution in [0.5, 0.6) is 0 Å². The summed E-state index contributed by atoms with van der Waals surface area (Å²) in [6.07, 6.45) is 0. The van der Waals surface area contributed by atoms with Crippen molar-refractivity contribution in [3.63, 3.8) is 0 Å². The Hall–Kier alpha value is -0.770. The first-order chi connectivity index (χ1) is 8.24. The lowest BCUT2D eigenvalue weighted by Gasteiger charge is -2.40. The molecule has 1 aliphatic heterocycles. The van der Waals surface area contributed by atoms with Gasteiger partial charge in [-0.05, 0) is 39.0 Å². The Morgan fingerprint density at radius 3 is 2.72 bits per heavy atom. The maximum Gasteiger partial charge on any atom is 0.251 e. The van der Waals surface area contributed by atoms with Crippen molar-refractivity contribution in [3.8, 4) is 0 Å². The molecule has 0 aromatic heterocycles. The second-order valence-electron chi connectivity index (χ2n) is 5.17. The molecule has 1 N–H and O–H groups in total. The highest BCUT2D eigenvalue weighted by molar-refractivity contribution is 7.67. The van der Waals surface area contributed by atoms with Crippen LogP contribution in [0.25, 0.3) is 0 Å². The van der Waals surface area contributed by atoms with Crippen molar-refractivity contribution in [1.29, 1.82) is 0 Å². The summed E-state index contributed by atoms with van der Waals surface area (Å²) in [6, 6.07) is 2.92. The number of benzene rings is 1. The minimum Gasteiger partial charge on any atom is -0.322 e. The number of hydrogen-bond donors (Lipinski definition) is 1. The van der Waals surface area contributed by atoms with Gasteiger partial charge in [-0.1, -0.05) is 0 Å². The zero-order valence-corrected chi connectivity index (χ0v) is 11.4. The molecule has 0 saturated carbocycles. The SMILES string of the molecule is C[C@@H]1NC(C)(C)COP1(=O)c1cc(F)ccc1F. The molecule has 1 unspecified atom stereocenters. The van der Waals surface area contributed by atoms with Gasteiger partial charge in [0.1, 0.15) is 11.6 Å². The van der Waals surface area contributed by atoms with Gasteiger partial charge >= 0.3 is 0 Å². The molecule has 1 aliphatic rings. The van der Waals surface area contributed by atoms with Crippen molar-refractivity contribution in [1.82, 2.24) is 5.32 Å². The number of nitrogens with one attached hydrogen (secondary N) is 1. The second-order valence-corrected chi connectivity index (χ2v) is 7.88. The Morgan fingerprint density at radius 2 is 2.11 bits per heavy atom. The van der Waals surface area contributed by atoms with E-state index in [9.17, 15) is 13.3 Å². The van der Waals surface area contributed by atoms with Crippen molar-refractivity contribution < 1.29 is 17.9 Å². The van der Waals surface area contributed by atoms with E-state index in [4.69, 9.17) is 4.52 Å². The quantitative estimate of drug-likeness (QED) is 0.801. The van der Waals surface area contributed by atoms with E-state index in [-0.39, 0.29) is 17.5 Å². The van der Waals surface area contributed by atoms with Crippen LogP contribution < -0.4 is 10.6 Å². The number of rotatable bonds is 1. The van der Waals surface area contributed by atoms with Crippen molar-refractivity contribution in [2.24, 2.45) is 0 Å². The van der Waals surface area contributed by atoms with Crippen LogP contribution in [0.2, 0.25) is 0 Å². The monoisotopic (exact) mass is 275 g/mol. The molecule has 0 bridgehead atoms. The molecule has 0 aliphatic carbocycles. The molecule has 100 valence electrons. The highest BCUT2D eigenvalue weighted by Crippen LogP contribution is 2.53. The largest absolute Gasteiger partial charge is 0.322 e. The van der Waals surface area contributed by atoms with Crippen molar-refractivity contribution >= 4 is 12.7 Å². The minimum absolute atomic E-state index is 0.182. The summed E-state index contributed by atoms with van der Waals surface area (Å²) >= 11 is 0. The molecule has 0 radical (unpaired) electrons. The summed E-state index contributed by atoms with van der Waals surface area (Å²) < 4.78 is 45.0. The summed E-state index contributed by atoms with van der Waals surface area (Å²) in [7, 11) is -3.43. The molecule has 1 aromatic rings. The van der Waals surface area contributed by atoms with Crippen LogP contribution in [0.15, 0.2) is 18.2 Å². The minimum atomic E-state index is -3.43. The van der Waals surface area contributed by atoms with Crippen LogP contribution in [-0.4, -0.2) is 17.9 Å². The lowest BCUT2D eigenvalue weighted by atomic mass is 10.1. The first-order valence-corrected chi connectivity index (χ1v) is 7.42. The molecule has 1 aromatic carbocycles. The van der Waals surface area contributed by atoms with Gasteiger partial charge in [-0.2, -0.15) is 0 Å². The fourth-order valence-corrected chi connectivity index (χ4v) is 4.55. The normalized spacial score (nSPS) is 31.3.